The van der Waals surface area contributed by atoms with Gasteiger partial charge in [-0.2, -0.15) is 0 Å². The molecule has 1 aliphatic rings. The summed E-state index contributed by atoms with van der Waals surface area (Å²) in [5.41, 5.74) is 4.04. The van der Waals surface area contributed by atoms with Crippen LogP contribution in [0.1, 0.15) is 27.0 Å². The summed E-state index contributed by atoms with van der Waals surface area (Å²) < 4.78 is 33.5. The van der Waals surface area contributed by atoms with Gasteiger partial charge < -0.3 is 4.74 Å². The highest BCUT2D eigenvalue weighted by atomic mass is 32.2. The second-order valence-electron chi connectivity index (χ2n) is 7.94. The predicted octanol–water partition coefficient (Wildman–Crippen LogP) is 5.11. The Morgan fingerprint density at radius 2 is 1.68 bits per heavy atom. The van der Waals surface area contributed by atoms with Gasteiger partial charge in [-0.05, 0) is 71.5 Å². The zero-order valence-corrected chi connectivity index (χ0v) is 18.3. The van der Waals surface area contributed by atoms with Gasteiger partial charge in [-0.15, -0.1) is 0 Å². The van der Waals surface area contributed by atoms with Gasteiger partial charge in [0.15, 0.2) is 0 Å². The van der Waals surface area contributed by atoms with E-state index in [1.54, 1.807) is 18.2 Å². The third-order valence-corrected chi connectivity index (χ3v) is 7.73. The quantitative estimate of drug-likeness (QED) is 0.334. The summed E-state index contributed by atoms with van der Waals surface area (Å²) >= 11 is 0. The topological polar surface area (TPSA) is 63.7 Å². The number of rotatable bonds is 3. The van der Waals surface area contributed by atoms with Crippen LogP contribution in [0.2, 0.25) is 0 Å². The van der Waals surface area contributed by atoms with Crippen LogP contribution in [0.25, 0.3) is 21.5 Å². The fourth-order valence-electron chi connectivity index (χ4n) is 4.39. The van der Waals surface area contributed by atoms with E-state index in [-0.39, 0.29) is 11.4 Å². The van der Waals surface area contributed by atoms with Crippen LogP contribution >= 0.6 is 0 Å². The highest BCUT2D eigenvalue weighted by Crippen LogP contribution is 2.45. The average molecular weight is 432 g/mol. The second-order valence-corrected chi connectivity index (χ2v) is 9.80. The summed E-state index contributed by atoms with van der Waals surface area (Å²) in [6, 6.07) is 18.3. The number of aryl methyl sites for hydroxylation is 2. The molecule has 0 bridgehead atoms. The summed E-state index contributed by atoms with van der Waals surface area (Å²) in [5, 5.41) is 3.71. The maximum absolute atomic E-state index is 13.5. The maximum Gasteiger partial charge on any atom is 0.337 e. The van der Waals surface area contributed by atoms with Crippen LogP contribution in [0.5, 0.6) is 0 Å². The highest BCUT2D eigenvalue weighted by Gasteiger charge is 2.33. The summed E-state index contributed by atoms with van der Waals surface area (Å²) in [5.74, 6) is -0.398. The molecule has 4 aromatic carbocycles. The van der Waals surface area contributed by atoms with E-state index in [2.05, 4.69) is 0 Å². The Morgan fingerprint density at radius 3 is 2.39 bits per heavy atom. The predicted molar refractivity (Wildman–Crippen MR) is 122 cm³/mol. The number of carbonyl (C=O) groups excluding carboxylic acids is 1. The Labute approximate surface area is 180 Å². The molecule has 5 nitrogen and oxygen atoms in total. The Morgan fingerprint density at radius 1 is 0.935 bits per heavy atom. The molecule has 0 fully saturated rings. The molecule has 1 aliphatic heterocycles. The first kappa shape index (κ1) is 19.6. The fourth-order valence-corrected chi connectivity index (χ4v) is 5.91. The van der Waals surface area contributed by atoms with Gasteiger partial charge in [-0.3, -0.25) is 4.31 Å². The van der Waals surface area contributed by atoms with E-state index in [9.17, 15) is 13.2 Å². The lowest BCUT2D eigenvalue weighted by Crippen LogP contribution is -2.28. The van der Waals surface area contributed by atoms with Gasteiger partial charge in [-0.25, -0.2) is 13.2 Å². The highest BCUT2D eigenvalue weighted by molar-refractivity contribution is 7.92. The molecule has 6 heteroatoms. The minimum Gasteiger partial charge on any atom is -0.465 e. The van der Waals surface area contributed by atoms with E-state index in [1.807, 2.05) is 56.3 Å². The minimum atomic E-state index is -3.72. The molecular formula is C25H21NO4S. The van der Waals surface area contributed by atoms with Gasteiger partial charge in [0.2, 0.25) is 0 Å². The molecule has 0 atom stereocenters. The van der Waals surface area contributed by atoms with Crippen molar-refractivity contribution in [3.05, 3.63) is 82.9 Å². The average Bonchev–Trinajstić information content (AvgIpc) is 3.16. The lowest BCUT2D eigenvalue weighted by Gasteiger charge is -2.21. The van der Waals surface area contributed by atoms with Crippen LogP contribution in [0.3, 0.4) is 0 Å². The first-order valence-electron chi connectivity index (χ1n) is 9.98. The standard InChI is InChI=1S/C25H21NO4S/c1-15-4-9-20(10-5-15)31(28,29)26-14-19-12-17-7-8-18(25(27)30-3)13-22(17)21-11-6-16(2)24(26)23(19)21/h4-13H,14H2,1-3H3. The number of carbonyl (C=O) groups is 1. The molecule has 31 heavy (non-hydrogen) atoms. The lowest BCUT2D eigenvalue weighted by atomic mass is 9.95. The summed E-state index contributed by atoms with van der Waals surface area (Å²) in [7, 11) is -2.36. The van der Waals surface area contributed by atoms with Gasteiger partial charge in [-0.1, -0.05) is 35.9 Å². The van der Waals surface area contributed by atoms with E-state index < -0.39 is 16.0 Å². The molecule has 5 rings (SSSR count). The Hall–Kier alpha value is -3.38. The largest absolute Gasteiger partial charge is 0.465 e. The molecule has 156 valence electrons. The van der Waals surface area contributed by atoms with Crippen molar-refractivity contribution in [2.75, 3.05) is 11.4 Å². The van der Waals surface area contributed by atoms with E-state index >= 15 is 0 Å². The summed E-state index contributed by atoms with van der Waals surface area (Å²) in [4.78, 5) is 12.3. The second kappa shape index (κ2) is 6.82. The van der Waals surface area contributed by atoms with Crippen molar-refractivity contribution in [3.8, 4) is 0 Å². The SMILES string of the molecule is COC(=O)c1ccc2cc3c4c(c(C)ccc4c2c1)N(S(=O)(=O)c1ccc(C)cc1)C3. The number of fused-ring (bicyclic) bond motifs is 2. The van der Waals surface area contributed by atoms with Crippen molar-refractivity contribution in [3.63, 3.8) is 0 Å². The number of hydrogen-bond donors (Lipinski definition) is 0. The van der Waals surface area contributed by atoms with Gasteiger partial charge >= 0.3 is 5.97 Å². The molecule has 0 amide bonds. The molecule has 1 heterocycles. The Balaban J connectivity index is 1.76. The molecule has 0 aliphatic carbocycles. The summed E-state index contributed by atoms with van der Waals surface area (Å²) in [6.45, 7) is 4.14. The van der Waals surface area contributed by atoms with Crippen LogP contribution in [-0.2, 0) is 21.3 Å². The zero-order valence-electron chi connectivity index (χ0n) is 17.5. The molecule has 4 aromatic rings. The minimum absolute atomic E-state index is 0.278. The fraction of sp³-hybridized carbons (Fsp3) is 0.160. The number of ether oxygens (including phenoxy) is 1. The summed E-state index contributed by atoms with van der Waals surface area (Å²) in [6.07, 6.45) is 0. The number of anilines is 1. The van der Waals surface area contributed by atoms with Crippen LogP contribution in [0.4, 0.5) is 5.69 Å². The maximum atomic E-state index is 13.5. The van der Waals surface area contributed by atoms with Crippen molar-refractivity contribution in [1.29, 1.82) is 0 Å². The zero-order chi connectivity index (χ0) is 21.9. The molecular weight excluding hydrogens is 410 g/mol. The van der Waals surface area contributed by atoms with Crippen molar-refractivity contribution in [2.45, 2.75) is 25.3 Å². The first-order chi connectivity index (χ1) is 14.8. The van der Waals surface area contributed by atoms with Crippen LogP contribution in [-0.4, -0.2) is 21.5 Å². The van der Waals surface area contributed by atoms with E-state index in [4.69, 9.17) is 4.74 Å². The third-order valence-electron chi connectivity index (χ3n) is 5.97. The smallest absolute Gasteiger partial charge is 0.337 e. The first-order valence-corrected chi connectivity index (χ1v) is 11.4. The van der Waals surface area contributed by atoms with Gasteiger partial charge in [0.1, 0.15) is 0 Å². The Bertz CT molecular complexity index is 1490. The van der Waals surface area contributed by atoms with E-state index in [1.165, 1.54) is 11.4 Å². The molecule has 0 saturated heterocycles. The number of hydrogen-bond acceptors (Lipinski definition) is 4. The monoisotopic (exact) mass is 431 g/mol. The van der Waals surface area contributed by atoms with Crippen molar-refractivity contribution in [1.82, 2.24) is 0 Å². The number of sulfonamides is 1. The molecule has 0 aromatic heterocycles. The molecule has 0 saturated carbocycles. The van der Waals surface area contributed by atoms with E-state index in [0.29, 0.717) is 11.3 Å². The number of methoxy groups -OCH3 is 1. The third kappa shape index (κ3) is 2.90. The normalized spacial score (nSPS) is 13.2. The molecule has 0 unspecified atom stereocenters. The van der Waals surface area contributed by atoms with Gasteiger partial charge in [0.05, 0.1) is 29.8 Å². The van der Waals surface area contributed by atoms with Crippen LogP contribution in [0, 0.1) is 13.8 Å². The molecule has 0 radical (unpaired) electrons. The number of benzene rings is 4. The number of nitrogens with zero attached hydrogens (tertiary/aromatic N) is 1. The van der Waals surface area contributed by atoms with Crippen molar-refractivity contribution < 1.29 is 17.9 Å². The van der Waals surface area contributed by atoms with Crippen LogP contribution < -0.4 is 4.31 Å². The van der Waals surface area contributed by atoms with Gasteiger partial charge in [0, 0.05) is 5.39 Å². The van der Waals surface area contributed by atoms with E-state index in [0.717, 1.165) is 38.2 Å². The molecule has 0 spiro atoms. The van der Waals surface area contributed by atoms with Crippen LogP contribution in [0.15, 0.2) is 65.6 Å². The van der Waals surface area contributed by atoms with Gasteiger partial charge in [0.25, 0.3) is 10.0 Å². The van der Waals surface area contributed by atoms with Crippen molar-refractivity contribution in [2.24, 2.45) is 0 Å². The Kier molecular flexibility index (Phi) is 4.31. The van der Waals surface area contributed by atoms with Crippen molar-refractivity contribution >= 4 is 43.2 Å². The lowest BCUT2D eigenvalue weighted by molar-refractivity contribution is 0.0601. The number of esters is 1. The molecule has 0 N–H and O–H groups in total.